The van der Waals surface area contributed by atoms with Crippen LogP contribution in [0.4, 0.5) is 11.5 Å². The van der Waals surface area contributed by atoms with Crippen LogP contribution in [-0.4, -0.2) is 41.1 Å². The normalized spacial score (nSPS) is 15.9. The van der Waals surface area contributed by atoms with Crippen molar-refractivity contribution in [3.8, 4) is 11.3 Å². The van der Waals surface area contributed by atoms with Crippen LogP contribution in [0.3, 0.4) is 0 Å². The molecule has 1 aliphatic rings. The Bertz CT molecular complexity index is 998. The molecular weight excluding hydrogens is 366 g/mol. The molecule has 7 heteroatoms. The fourth-order valence-corrected chi connectivity index (χ4v) is 3.50. The van der Waals surface area contributed by atoms with Crippen molar-refractivity contribution in [3.63, 3.8) is 0 Å². The Labute approximate surface area is 169 Å². The number of amides is 2. The molecule has 2 amide bonds. The zero-order chi connectivity index (χ0) is 20.2. The van der Waals surface area contributed by atoms with Crippen molar-refractivity contribution in [2.75, 3.05) is 23.3 Å². The quantitative estimate of drug-likeness (QED) is 0.626. The summed E-state index contributed by atoms with van der Waals surface area (Å²) in [7, 11) is 0. The summed E-state index contributed by atoms with van der Waals surface area (Å²) in [5, 5.41) is 13.3. The van der Waals surface area contributed by atoms with Crippen LogP contribution in [0, 0.1) is 0 Å². The van der Waals surface area contributed by atoms with E-state index in [1.807, 2.05) is 36.4 Å². The molecule has 0 unspecified atom stereocenters. The van der Waals surface area contributed by atoms with Crippen LogP contribution in [0.25, 0.3) is 11.3 Å². The summed E-state index contributed by atoms with van der Waals surface area (Å²) in [5.41, 5.74) is 3.32. The van der Waals surface area contributed by atoms with Gasteiger partial charge in [0.1, 0.15) is 0 Å². The fraction of sp³-hybridized carbons (Fsp3) is 0.227. The van der Waals surface area contributed by atoms with Gasteiger partial charge in [-0.2, -0.15) is 5.10 Å². The number of benzene rings is 2. The number of aromatic nitrogens is 2. The fourth-order valence-electron chi connectivity index (χ4n) is 3.50. The van der Waals surface area contributed by atoms with Gasteiger partial charge in [0.2, 0.25) is 5.91 Å². The second-order valence-electron chi connectivity index (χ2n) is 7.17. The molecule has 3 aromatic rings. The summed E-state index contributed by atoms with van der Waals surface area (Å²) >= 11 is 0. The number of hydrogen-bond acceptors (Lipinski definition) is 4. The SMILES string of the molecule is CC(=O)Nc1ccc(C(=O)N[C@H]2CCN(c3cc(-c4ccccc4)[nH]n3)C2)cc1. The third kappa shape index (κ3) is 4.45. The van der Waals surface area contributed by atoms with Crippen molar-refractivity contribution in [1.29, 1.82) is 0 Å². The number of nitrogens with one attached hydrogen (secondary N) is 3. The molecule has 4 rings (SSSR count). The topological polar surface area (TPSA) is 90.1 Å². The number of carbonyl (C=O) groups excluding carboxylic acids is 2. The average Bonchev–Trinajstić information content (AvgIpc) is 3.38. The first-order chi connectivity index (χ1) is 14.1. The summed E-state index contributed by atoms with van der Waals surface area (Å²) in [6, 6.07) is 19.1. The molecule has 1 fully saturated rings. The first kappa shape index (κ1) is 18.7. The molecular formula is C22H23N5O2. The molecule has 0 spiro atoms. The second-order valence-corrected chi connectivity index (χ2v) is 7.17. The van der Waals surface area contributed by atoms with Crippen LogP contribution in [0.1, 0.15) is 23.7 Å². The third-order valence-electron chi connectivity index (χ3n) is 4.96. The van der Waals surface area contributed by atoms with E-state index in [4.69, 9.17) is 0 Å². The largest absolute Gasteiger partial charge is 0.353 e. The monoisotopic (exact) mass is 389 g/mol. The van der Waals surface area contributed by atoms with E-state index in [0.717, 1.165) is 36.6 Å². The Kier molecular flexibility index (Phi) is 5.29. The van der Waals surface area contributed by atoms with Crippen LogP contribution in [0.5, 0.6) is 0 Å². The Morgan fingerprint density at radius 1 is 1.10 bits per heavy atom. The summed E-state index contributed by atoms with van der Waals surface area (Å²) in [5.74, 6) is 0.639. The lowest BCUT2D eigenvalue weighted by Crippen LogP contribution is -2.37. The van der Waals surface area contributed by atoms with Crippen molar-refractivity contribution in [1.82, 2.24) is 15.5 Å². The Morgan fingerprint density at radius 3 is 2.59 bits per heavy atom. The molecule has 0 aliphatic carbocycles. The number of hydrogen-bond donors (Lipinski definition) is 3. The number of nitrogens with zero attached hydrogens (tertiary/aromatic N) is 2. The van der Waals surface area contributed by atoms with Crippen molar-refractivity contribution in [3.05, 3.63) is 66.2 Å². The van der Waals surface area contributed by atoms with Crippen LogP contribution >= 0.6 is 0 Å². The Morgan fingerprint density at radius 2 is 1.86 bits per heavy atom. The number of carbonyl (C=O) groups is 2. The van der Waals surface area contributed by atoms with Crippen LogP contribution in [-0.2, 0) is 4.79 Å². The first-order valence-electron chi connectivity index (χ1n) is 9.63. The van der Waals surface area contributed by atoms with Gasteiger partial charge in [-0.3, -0.25) is 14.7 Å². The zero-order valence-corrected chi connectivity index (χ0v) is 16.2. The average molecular weight is 389 g/mol. The van der Waals surface area contributed by atoms with Crippen LogP contribution in [0.2, 0.25) is 0 Å². The molecule has 2 aromatic carbocycles. The van der Waals surface area contributed by atoms with Crippen molar-refractivity contribution in [2.24, 2.45) is 0 Å². The maximum Gasteiger partial charge on any atom is 0.251 e. The van der Waals surface area contributed by atoms with Gasteiger partial charge in [-0.25, -0.2) is 0 Å². The summed E-state index contributed by atoms with van der Waals surface area (Å²) in [6.07, 6.45) is 0.864. The van der Waals surface area contributed by atoms with E-state index in [0.29, 0.717) is 11.3 Å². The predicted octanol–water partition coefficient (Wildman–Crippen LogP) is 3.04. The standard InChI is InChI=1S/C22H23N5O2/c1-15(28)23-18-9-7-17(8-10-18)22(29)24-19-11-12-27(14-19)21-13-20(25-26-21)16-5-3-2-4-6-16/h2-10,13,19H,11-12,14H2,1H3,(H,23,28)(H,24,29)(H,25,26)/t19-/m0/s1. The van der Waals surface area contributed by atoms with Crippen LogP contribution in [0.15, 0.2) is 60.7 Å². The van der Waals surface area contributed by atoms with Gasteiger partial charge in [-0.15, -0.1) is 0 Å². The number of rotatable bonds is 5. The van der Waals surface area contributed by atoms with E-state index in [9.17, 15) is 9.59 Å². The lowest BCUT2D eigenvalue weighted by Gasteiger charge is -2.16. The predicted molar refractivity (Wildman–Crippen MR) is 113 cm³/mol. The molecule has 0 radical (unpaired) electrons. The highest BCUT2D eigenvalue weighted by Crippen LogP contribution is 2.24. The Balaban J connectivity index is 1.35. The molecule has 148 valence electrons. The van der Waals surface area contributed by atoms with Gasteiger partial charge < -0.3 is 15.5 Å². The molecule has 1 atom stereocenters. The van der Waals surface area contributed by atoms with E-state index in [2.05, 4.69) is 25.7 Å². The molecule has 3 N–H and O–H groups in total. The number of anilines is 2. The molecule has 0 bridgehead atoms. The smallest absolute Gasteiger partial charge is 0.251 e. The van der Waals surface area contributed by atoms with Gasteiger partial charge in [0.05, 0.1) is 5.69 Å². The second kappa shape index (κ2) is 8.18. The maximum atomic E-state index is 12.5. The number of H-pyrrole nitrogens is 1. The highest BCUT2D eigenvalue weighted by Gasteiger charge is 2.26. The molecule has 0 saturated carbocycles. The van der Waals surface area contributed by atoms with Gasteiger partial charge in [-0.1, -0.05) is 30.3 Å². The first-order valence-corrected chi connectivity index (χ1v) is 9.63. The van der Waals surface area contributed by atoms with Gasteiger partial charge in [0, 0.05) is 43.4 Å². The molecule has 1 saturated heterocycles. The summed E-state index contributed by atoms with van der Waals surface area (Å²) < 4.78 is 0. The minimum Gasteiger partial charge on any atom is -0.353 e. The highest BCUT2D eigenvalue weighted by atomic mass is 16.2. The molecule has 7 nitrogen and oxygen atoms in total. The van der Waals surface area contributed by atoms with Gasteiger partial charge >= 0.3 is 0 Å². The van der Waals surface area contributed by atoms with E-state index in [-0.39, 0.29) is 17.9 Å². The van der Waals surface area contributed by atoms with Crippen molar-refractivity contribution < 1.29 is 9.59 Å². The molecule has 1 aliphatic heterocycles. The van der Waals surface area contributed by atoms with E-state index in [1.54, 1.807) is 24.3 Å². The summed E-state index contributed by atoms with van der Waals surface area (Å²) in [6.45, 7) is 3.01. The van der Waals surface area contributed by atoms with E-state index >= 15 is 0 Å². The maximum absolute atomic E-state index is 12.5. The minimum atomic E-state index is -0.137. The minimum absolute atomic E-state index is 0.0643. The van der Waals surface area contributed by atoms with E-state index in [1.165, 1.54) is 6.92 Å². The van der Waals surface area contributed by atoms with Gasteiger partial charge in [0.15, 0.2) is 5.82 Å². The van der Waals surface area contributed by atoms with Gasteiger partial charge in [-0.05, 0) is 36.2 Å². The number of aromatic amines is 1. The van der Waals surface area contributed by atoms with Crippen molar-refractivity contribution >= 4 is 23.3 Å². The summed E-state index contributed by atoms with van der Waals surface area (Å²) in [4.78, 5) is 25.8. The van der Waals surface area contributed by atoms with Crippen LogP contribution < -0.4 is 15.5 Å². The molecule has 2 heterocycles. The van der Waals surface area contributed by atoms with Gasteiger partial charge in [0.25, 0.3) is 5.91 Å². The van der Waals surface area contributed by atoms with E-state index < -0.39 is 0 Å². The third-order valence-corrected chi connectivity index (χ3v) is 4.96. The Hall–Kier alpha value is -3.61. The lowest BCUT2D eigenvalue weighted by atomic mass is 10.1. The lowest BCUT2D eigenvalue weighted by molar-refractivity contribution is -0.114. The zero-order valence-electron chi connectivity index (χ0n) is 16.2. The molecule has 29 heavy (non-hydrogen) atoms. The highest BCUT2D eigenvalue weighted by molar-refractivity contribution is 5.95. The molecule has 1 aromatic heterocycles. The van der Waals surface area contributed by atoms with Crippen molar-refractivity contribution in [2.45, 2.75) is 19.4 Å².